The number of allylic oxidation sites excluding steroid dienone is 4. The maximum atomic E-state index is 4.06. The monoisotopic (exact) mass is 253 g/mol. The number of hydrogen-bond acceptors (Lipinski definition) is 1. The number of anilines is 1. The average Bonchev–Trinajstić information content (AvgIpc) is 2.49. The van der Waals surface area contributed by atoms with Gasteiger partial charge >= 0.3 is 0 Å². The normalized spacial score (nSPS) is 20.9. The molecule has 1 aliphatic heterocycles. The van der Waals surface area contributed by atoms with E-state index in [-0.39, 0.29) is 0 Å². The molecule has 100 valence electrons. The van der Waals surface area contributed by atoms with Gasteiger partial charge in [0.25, 0.3) is 0 Å². The maximum absolute atomic E-state index is 4.06. The van der Waals surface area contributed by atoms with Gasteiger partial charge in [0.2, 0.25) is 0 Å². The second-order valence-electron chi connectivity index (χ2n) is 5.34. The van der Waals surface area contributed by atoms with Crippen LogP contribution < -0.4 is 5.32 Å². The molecular weight excluding hydrogens is 230 g/mol. The van der Waals surface area contributed by atoms with Gasteiger partial charge in [0, 0.05) is 11.4 Å². The lowest BCUT2D eigenvalue weighted by Crippen LogP contribution is -1.98. The number of rotatable bonds is 3. The summed E-state index contributed by atoms with van der Waals surface area (Å²) in [5.41, 5.74) is 4.85. The van der Waals surface area contributed by atoms with Crippen LogP contribution in [0.2, 0.25) is 0 Å². The molecule has 0 aromatic heterocycles. The highest BCUT2D eigenvalue weighted by molar-refractivity contribution is 5.57. The van der Waals surface area contributed by atoms with Crippen LogP contribution >= 0.6 is 0 Å². The summed E-state index contributed by atoms with van der Waals surface area (Å²) in [5, 5.41) is 3.38. The van der Waals surface area contributed by atoms with Crippen molar-refractivity contribution in [2.24, 2.45) is 5.92 Å². The molecule has 1 heterocycles. The van der Waals surface area contributed by atoms with Crippen LogP contribution in [0, 0.1) is 5.92 Å². The van der Waals surface area contributed by atoms with E-state index >= 15 is 0 Å². The van der Waals surface area contributed by atoms with Crippen molar-refractivity contribution >= 4 is 5.69 Å². The molecule has 0 amide bonds. The summed E-state index contributed by atoms with van der Waals surface area (Å²) in [6.45, 7) is 8.62. The maximum Gasteiger partial charge on any atom is 0.0419 e. The molecule has 0 aliphatic carbocycles. The summed E-state index contributed by atoms with van der Waals surface area (Å²) in [5.74, 6) is 0.730. The van der Waals surface area contributed by atoms with Crippen molar-refractivity contribution in [1.29, 1.82) is 0 Å². The highest BCUT2D eigenvalue weighted by Crippen LogP contribution is 2.23. The van der Waals surface area contributed by atoms with Gasteiger partial charge in [0.05, 0.1) is 0 Å². The van der Waals surface area contributed by atoms with Crippen molar-refractivity contribution in [3.05, 3.63) is 65.9 Å². The zero-order chi connectivity index (χ0) is 13.7. The number of benzene rings is 1. The standard InChI is InChI=1S/C18H23N/c1-4-14(2)13-16-10-9-15(3)19-18-8-6-5-7-17(18)12-11-16/h5-11,14,19H,3-4,12-13H2,1-2H3/b10-9-,16-11+. The molecule has 0 saturated carbocycles. The fourth-order valence-electron chi connectivity index (χ4n) is 2.25. The highest BCUT2D eigenvalue weighted by atomic mass is 14.9. The SMILES string of the molecule is C=C1/C=C\C(CC(C)CC)=C/Cc2ccccc2N1. The largest absolute Gasteiger partial charge is 0.356 e. The topological polar surface area (TPSA) is 12.0 Å². The Kier molecular flexibility index (Phi) is 4.62. The predicted molar refractivity (Wildman–Crippen MR) is 84.2 cm³/mol. The van der Waals surface area contributed by atoms with Crippen LogP contribution in [-0.2, 0) is 6.42 Å². The molecule has 0 saturated heterocycles. The van der Waals surface area contributed by atoms with Crippen LogP contribution in [-0.4, -0.2) is 0 Å². The first kappa shape index (κ1) is 13.7. The molecule has 1 atom stereocenters. The van der Waals surface area contributed by atoms with E-state index in [1.54, 1.807) is 0 Å². The van der Waals surface area contributed by atoms with E-state index < -0.39 is 0 Å². The molecule has 1 aromatic carbocycles. The lowest BCUT2D eigenvalue weighted by molar-refractivity contribution is 0.561. The van der Waals surface area contributed by atoms with Crippen LogP contribution in [0.15, 0.2) is 60.3 Å². The van der Waals surface area contributed by atoms with Gasteiger partial charge in [-0.05, 0) is 36.5 Å². The minimum atomic E-state index is 0.730. The van der Waals surface area contributed by atoms with Crippen molar-refractivity contribution in [2.75, 3.05) is 5.32 Å². The molecule has 0 spiro atoms. The molecule has 1 N–H and O–H groups in total. The molecule has 1 nitrogen and oxygen atoms in total. The molecule has 0 bridgehead atoms. The van der Waals surface area contributed by atoms with Gasteiger partial charge in [-0.15, -0.1) is 0 Å². The van der Waals surface area contributed by atoms with Crippen LogP contribution in [0.25, 0.3) is 0 Å². The number of para-hydroxylation sites is 1. The summed E-state index contributed by atoms with van der Waals surface area (Å²) in [7, 11) is 0. The van der Waals surface area contributed by atoms with E-state index in [4.69, 9.17) is 0 Å². The lowest BCUT2D eigenvalue weighted by atomic mass is 9.97. The van der Waals surface area contributed by atoms with Gasteiger partial charge < -0.3 is 5.32 Å². The minimum absolute atomic E-state index is 0.730. The summed E-state index contributed by atoms with van der Waals surface area (Å²) in [4.78, 5) is 0. The predicted octanol–water partition coefficient (Wildman–Crippen LogP) is 5.09. The second kappa shape index (κ2) is 6.42. The Bertz CT molecular complexity index is 508. The molecule has 2 rings (SSSR count). The Morgan fingerprint density at radius 3 is 2.84 bits per heavy atom. The van der Waals surface area contributed by atoms with Crippen molar-refractivity contribution in [2.45, 2.75) is 33.1 Å². The van der Waals surface area contributed by atoms with E-state index in [1.807, 2.05) is 0 Å². The van der Waals surface area contributed by atoms with Crippen molar-refractivity contribution in [3.63, 3.8) is 0 Å². The summed E-state index contributed by atoms with van der Waals surface area (Å²) in [6, 6.07) is 8.45. The molecule has 19 heavy (non-hydrogen) atoms. The molecule has 0 radical (unpaired) electrons. The van der Waals surface area contributed by atoms with E-state index in [1.165, 1.54) is 17.6 Å². The van der Waals surface area contributed by atoms with Gasteiger partial charge in [0.1, 0.15) is 0 Å². The van der Waals surface area contributed by atoms with Crippen LogP contribution in [0.1, 0.15) is 32.3 Å². The molecular formula is C18H23N. The van der Waals surface area contributed by atoms with E-state index in [2.05, 4.69) is 68.2 Å². The first-order valence-corrected chi connectivity index (χ1v) is 7.10. The Hall–Kier alpha value is -1.76. The third-order valence-corrected chi connectivity index (χ3v) is 3.68. The third-order valence-electron chi connectivity index (χ3n) is 3.68. The molecule has 0 fully saturated rings. The van der Waals surface area contributed by atoms with Crippen LogP contribution in [0.3, 0.4) is 0 Å². The summed E-state index contributed by atoms with van der Waals surface area (Å²) in [6.07, 6.45) is 9.97. The molecule has 1 heteroatoms. The number of nitrogens with one attached hydrogen (secondary N) is 1. The summed E-state index contributed by atoms with van der Waals surface area (Å²) < 4.78 is 0. The van der Waals surface area contributed by atoms with Gasteiger partial charge in [0.15, 0.2) is 0 Å². The second-order valence-corrected chi connectivity index (χ2v) is 5.34. The number of hydrogen-bond donors (Lipinski definition) is 1. The van der Waals surface area contributed by atoms with Gasteiger partial charge in [-0.3, -0.25) is 0 Å². The Morgan fingerprint density at radius 2 is 2.05 bits per heavy atom. The summed E-state index contributed by atoms with van der Waals surface area (Å²) >= 11 is 0. The van der Waals surface area contributed by atoms with E-state index in [0.717, 1.165) is 30.1 Å². The number of fused-ring (bicyclic) bond motifs is 1. The Balaban J connectivity index is 2.26. The van der Waals surface area contributed by atoms with Gasteiger partial charge in [-0.1, -0.05) is 62.8 Å². The molecule has 1 aromatic rings. The zero-order valence-corrected chi connectivity index (χ0v) is 11.9. The van der Waals surface area contributed by atoms with Gasteiger partial charge in [-0.2, -0.15) is 0 Å². The van der Waals surface area contributed by atoms with Crippen molar-refractivity contribution in [3.8, 4) is 0 Å². The van der Waals surface area contributed by atoms with E-state index in [0.29, 0.717) is 0 Å². The molecule has 1 aliphatic rings. The fraction of sp³-hybridized carbons (Fsp3) is 0.333. The van der Waals surface area contributed by atoms with Crippen LogP contribution in [0.5, 0.6) is 0 Å². The smallest absolute Gasteiger partial charge is 0.0419 e. The van der Waals surface area contributed by atoms with Crippen molar-refractivity contribution in [1.82, 2.24) is 0 Å². The Morgan fingerprint density at radius 1 is 1.26 bits per heavy atom. The lowest BCUT2D eigenvalue weighted by Gasteiger charge is -2.10. The zero-order valence-electron chi connectivity index (χ0n) is 11.9. The van der Waals surface area contributed by atoms with E-state index in [9.17, 15) is 0 Å². The third kappa shape index (κ3) is 3.85. The first-order chi connectivity index (χ1) is 9.19. The quantitative estimate of drug-likeness (QED) is 0.791. The molecule has 1 unspecified atom stereocenters. The van der Waals surface area contributed by atoms with Crippen LogP contribution in [0.4, 0.5) is 5.69 Å². The highest BCUT2D eigenvalue weighted by Gasteiger charge is 2.06. The van der Waals surface area contributed by atoms with Gasteiger partial charge in [-0.25, -0.2) is 0 Å². The Labute approximate surface area is 116 Å². The first-order valence-electron chi connectivity index (χ1n) is 7.10. The average molecular weight is 253 g/mol. The van der Waals surface area contributed by atoms with Crippen molar-refractivity contribution < 1.29 is 0 Å². The minimum Gasteiger partial charge on any atom is -0.356 e. The fourth-order valence-corrected chi connectivity index (χ4v) is 2.25.